The Bertz CT molecular complexity index is 1170. The molecule has 3 aromatic carbocycles. The monoisotopic (exact) mass is 457 g/mol. The van der Waals surface area contributed by atoms with Crippen LogP contribution in [-0.4, -0.2) is 50.7 Å². The van der Waals surface area contributed by atoms with Crippen LogP contribution >= 0.6 is 0 Å². The molecule has 0 radical (unpaired) electrons. The van der Waals surface area contributed by atoms with Gasteiger partial charge in [-0.1, -0.05) is 12.1 Å². The highest BCUT2D eigenvalue weighted by Crippen LogP contribution is 2.34. The average Bonchev–Trinajstić information content (AvgIpc) is 3.33. The summed E-state index contributed by atoms with van der Waals surface area (Å²) < 4.78 is 10.9. The molecule has 1 atom stereocenters. The van der Waals surface area contributed by atoms with Gasteiger partial charge in [0, 0.05) is 31.8 Å². The Kier molecular flexibility index (Phi) is 6.92. The second-order valence-electron chi connectivity index (χ2n) is 8.19. The minimum atomic E-state index is -0.246. The van der Waals surface area contributed by atoms with Crippen molar-refractivity contribution in [3.05, 3.63) is 89.5 Å². The number of hydrazone groups is 1. The predicted molar refractivity (Wildman–Crippen MR) is 132 cm³/mol. The molecule has 0 saturated heterocycles. The molecule has 7 nitrogen and oxygen atoms in total. The summed E-state index contributed by atoms with van der Waals surface area (Å²) >= 11 is 0. The fourth-order valence-electron chi connectivity index (χ4n) is 3.81. The Hall–Kier alpha value is -4.13. The van der Waals surface area contributed by atoms with Crippen LogP contribution in [-0.2, 0) is 4.79 Å². The molecule has 0 spiro atoms. The Balaban J connectivity index is 1.56. The van der Waals surface area contributed by atoms with E-state index < -0.39 is 0 Å². The van der Waals surface area contributed by atoms with Gasteiger partial charge in [0.15, 0.2) is 6.61 Å². The highest BCUT2D eigenvalue weighted by Gasteiger charge is 2.33. The fourth-order valence-corrected chi connectivity index (χ4v) is 3.81. The summed E-state index contributed by atoms with van der Waals surface area (Å²) in [5.41, 5.74) is 4.40. The lowest BCUT2D eigenvalue weighted by Crippen LogP contribution is -2.31. The molecular weight excluding hydrogens is 430 g/mol. The summed E-state index contributed by atoms with van der Waals surface area (Å²) in [6.45, 7) is -0.161. The Morgan fingerprint density at radius 2 is 1.65 bits per heavy atom. The molecule has 0 bridgehead atoms. The van der Waals surface area contributed by atoms with Crippen molar-refractivity contribution in [2.75, 3.05) is 32.7 Å². The van der Waals surface area contributed by atoms with Gasteiger partial charge in [0.1, 0.15) is 17.8 Å². The second kappa shape index (κ2) is 10.2. The van der Waals surface area contributed by atoms with E-state index in [9.17, 15) is 9.59 Å². The first-order valence-electron chi connectivity index (χ1n) is 11.0. The van der Waals surface area contributed by atoms with Gasteiger partial charge in [-0.05, 0) is 71.8 Å². The normalized spacial score (nSPS) is 15.0. The van der Waals surface area contributed by atoms with Gasteiger partial charge in [-0.3, -0.25) is 9.59 Å². The Labute approximate surface area is 199 Å². The van der Waals surface area contributed by atoms with Crippen molar-refractivity contribution in [1.29, 1.82) is 0 Å². The van der Waals surface area contributed by atoms with E-state index >= 15 is 0 Å². The van der Waals surface area contributed by atoms with Gasteiger partial charge in [0.2, 0.25) is 0 Å². The number of rotatable bonds is 8. The van der Waals surface area contributed by atoms with Crippen LogP contribution in [0.5, 0.6) is 11.5 Å². The number of amides is 1. The first-order chi connectivity index (χ1) is 16.5. The van der Waals surface area contributed by atoms with E-state index in [1.807, 2.05) is 67.5 Å². The van der Waals surface area contributed by atoms with Crippen LogP contribution in [0, 0.1) is 0 Å². The molecule has 174 valence electrons. The maximum absolute atomic E-state index is 13.2. The largest absolute Gasteiger partial charge is 0.497 e. The van der Waals surface area contributed by atoms with Crippen molar-refractivity contribution >= 4 is 23.6 Å². The Morgan fingerprint density at radius 1 is 1.00 bits per heavy atom. The summed E-state index contributed by atoms with van der Waals surface area (Å²) in [6, 6.07) is 22.2. The first-order valence-corrected chi connectivity index (χ1v) is 11.0. The third-order valence-corrected chi connectivity index (χ3v) is 5.76. The van der Waals surface area contributed by atoms with E-state index in [0.717, 1.165) is 34.6 Å². The average molecular weight is 458 g/mol. The number of benzene rings is 3. The number of hydrogen-bond donors (Lipinski definition) is 0. The molecule has 1 aliphatic heterocycles. The summed E-state index contributed by atoms with van der Waals surface area (Å²) in [6.07, 6.45) is 1.36. The van der Waals surface area contributed by atoms with Crippen molar-refractivity contribution in [3.63, 3.8) is 0 Å². The molecule has 1 amide bonds. The highest BCUT2D eigenvalue weighted by molar-refractivity contribution is 6.03. The van der Waals surface area contributed by atoms with Gasteiger partial charge in [0.05, 0.1) is 18.9 Å². The summed E-state index contributed by atoms with van der Waals surface area (Å²) in [7, 11) is 5.61. The minimum absolute atomic E-state index is 0.161. The number of carbonyl (C=O) groups excluding carboxylic acids is 2. The summed E-state index contributed by atoms with van der Waals surface area (Å²) in [5.74, 6) is 1.04. The van der Waals surface area contributed by atoms with Crippen LogP contribution in [0.1, 0.15) is 33.9 Å². The number of aldehydes is 1. The van der Waals surface area contributed by atoms with Crippen molar-refractivity contribution in [3.8, 4) is 11.5 Å². The van der Waals surface area contributed by atoms with Crippen LogP contribution in [0.2, 0.25) is 0 Å². The van der Waals surface area contributed by atoms with E-state index in [2.05, 4.69) is 0 Å². The van der Waals surface area contributed by atoms with Crippen molar-refractivity contribution in [2.45, 2.75) is 12.5 Å². The van der Waals surface area contributed by atoms with Gasteiger partial charge in [-0.25, -0.2) is 5.01 Å². The maximum atomic E-state index is 13.2. The minimum Gasteiger partial charge on any atom is -0.497 e. The van der Waals surface area contributed by atoms with Crippen LogP contribution < -0.4 is 14.4 Å². The van der Waals surface area contributed by atoms with E-state index in [1.165, 1.54) is 5.01 Å². The van der Waals surface area contributed by atoms with Gasteiger partial charge >= 0.3 is 0 Å². The smallest absolute Gasteiger partial charge is 0.281 e. The highest BCUT2D eigenvalue weighted by atomic mass is 16.5. The molecule has 3 aromatic rings. The zero-order chi connectivity index (χ0) is 24.1. The molecule has 1 heterocycles. The fraction of sp³-hybridized carbons (Fsp3) is 0.222. The van der Waals surface area contributed by atoms with Gasteiger partial charge < -0.3 is 14.4 Å². The van der Waals surface area contributed by atoms with Crippen LogP contribution in [0.3, 0.4) is 0 Å². The van der Waals surface area contributed by atoms with Crippen molar-refractivity contribution < 1.29 is 19.1 Å². The number of nitrogens with zero attached hydrogens (tertiary/aromatic N) is 3. The van der Waals surface area contributed by atoms with Gasteiger partial charge in [-0.2, -0.15) is 5.10 Å². The third-order valence-electron chi connectivity index (χ3n) is 5.76. The van der Waals surface area contributed by atoms with Gasteiger partial charge in [0.25, 0.3) is 5.91 Å². The summed E-state index contributed by atoms with van der Waals surface area (Å²) in [5, 5.41) is 6.21. The number of carbonyl (C=O) groups is 2. The molecule has 4 rings (SSSR count). The van der Waals surface area contributed by atoms with E-state index in [1.54, 1.807) is 31.4 Å². The maximum Gasteiger partial charge on any atom is 0.281 e. The molecule has 0 aliphatic carbocycles. The molecule has 1 aliphatic rings. The zero-order valence-corrected chi connectivity index (χ0v) is 19.5. The lowest BCUT2D eigenvalue weighted by molar-refractivity contribution is -0.135. The first kappa shape index (κ1) is 23.0. The number of methoxy groups -OCH3 is 1. The standard InChI is InChI=1S/C27H27N3O4/c1-29(2)22-10-6-21(7-11-22)26-16-25(20-8-14-23(33-3)15-9-20)28-30(26)27(32)18-34-24-12-4-19(17-31)5-13-24/h4-15,17,26H,16,18H2,1-3H3. The van der Waals surface area contributed by atoms with E-state index in [0.29, 0.717) is 17.7 Å². The predicted octanol–water partition coefficient (Wildman–Crippen LogP) is 4.33. The summed E-state index contributed by atoms with van der Waals surface area (Å²) in [4.78, 5) is 26.1. The molecule has 7 heteroatoms. The van der Waals surface area contributed by atoms with Gasteiger partial charge in [-0.15, -0.1) is 0 Å². The number of ether oxygens (including phenoxy) is 2. The second-order valence-corrected chi connectivity index (χ2v) is 8.19. The van der Waals surface area contributed by atoms with Crippen LogP contribution in [0.25, 0.3) is 0 Å². The SMILES string of the molecule is COc1ccc(C2=NN(C(=O)COc3ccc(C=O)cc3)C(c3ccc(N(C)C)cc3)C2)cc1. The quantitative estimate of drug-likeness (QED) is 0.471. The molecule has 0 N–H and O–H groups in total. The molecule has 0 saturated carbocycles. The lowest BCUT2D eigenvalue weighted by atomic mass is 9.98. The Morgan fingerprint density at radius 3 is 2.24 bits per heavy atom. The van der Waals surface area contributed by atoms with E-state index in [-0.39, 0.29) is 18.6 Å². The van der Waals surface area contributed by atoms with Crippen LogP contribution in [0.15, 0.2) is 77.9 Å². The molecule has 0 aromatic heterocycles. The van der Waals surface area contributed by atoms with E-state index in [4.69, 9.17) is 14.6 Å². The van der Waals surface area contributed by atoms with Crippen LogP contribution in [0.4, 0.5) is 5.69 Å². The molecular formula is C27H27N3O4. The molecule has 0 fully saturated rings. The zero-order valence-electron chi connectivity index (χ0n) is 19.5. The number of anilines is 1. The number of hydrogen-bond acceptors (Lipinski definition) is 6. The molecule has 1 unspecified atom stereocenters. The van der Waals surface area contributed by atoms with Crippen molar-refractivity contribution in [1.82, 2.24) is 5.01 Å². The van der Waals surface area contributed by atoms with Crippen molar-refractivity contribution in [2.24, 2.45) is 5.10 Å². The third kappa shape index (κ3) is 5.09. The lowest BCUT2D eigenvalue weighted by Gasteiger charge is -2.23. The molecule has 34 heavy (non-hydrogen) atoms. The topological polar surface area (TPSA) is 71.4 Å².